The Balaban J connectivity index is 0.00000384. The molecule has 44 heavy (non-hydrogen) atoms. The van der Waals surface area contributed by atoms with Gasteiger partial charge in [-0.1, -0.05) is 49.9 Å². The Hall–Kier alpha value is -4.50. The predicted molar refractivity (Wildman–Crippen MR) is 174 cm³/mol. The van der Waals surface area contributed by atoms with Crippen molar-refractivity contribution in [2.24, 2.45) is 5.41 Å². The van der Waals surface area contributed by atoms with Gasteiger partial charge >= 0.3 is 5.69 Å². The smallest absolute Gasteiger partial charge is 0.315 e. The highest BCUT2D eigenvalue weighted by Crippen LogP contribution is 2.46. The van der Waals surface area contributed by atoms with Crippen LogP contribution in [0, 0.1) is 29.4 Å². The molecule has 2 saturated heterocycles. The monoisotopic (exact) mass is 595 g/mol. The molecular formula is C35H41N5O4. The number of rotatable bonds is 8. The molecule has 1 unspecified atom stereocenters. The molecule has 6 rings (SSSR count). The molecular weight excluding hydrogens is 554 g/mol. The van der Waals surface area contributed by atoms with E-state index in [4.69, 9.17) is 9.47 Å². The van der Waals surface area contributed by atoms with E-state index in [-0.39, 0.29) is 29.6 Å². The van der Waals surface area contributed by atoms with E-state index in [1.54, 1.807) is 6.07 Å². The van der Waals surface area contributed by atoms with Crippen LogP contribution in [0.5, 0.6) is 5.88 Å². The lowest BCUT2D eigenvalue weighted by Crippen LogP contribution is -2.44. The summed E-state index contributed by atoms with van der Waals surface area (Å²) < 4.78 is 12.4. The van der Waals surface area contributed by atoms with Gasteiger partial charge in [-0.05, 0) is 86.4 Å². The van der Waals surface area contributed by atoms with Crippen molar-refractivity contribution in [2.75, 3.05) is 29.9 Å². The molecule has 230 valence electrons. The number of para-hydroxylation sites is 1. The van der Waals surface area contributed by atoms with E-state index in [1.165, 1.54) is 0 Å². The molecule has 4 aromatic rings. The van der Waals surface area contributed by atoms with Crippen LogP contribution < -0.4 is 15.0 Å². The summed E-state index contributed by atoms with van der Waals surface area (Å²) in [6.07, 6.45) is 5.91. The van der Waals surface area contributed by atoms with Gasteiger partial charge in [-0.15, -0.1) is 0 Å². The van der Waals surface area contributed by atoms with Gasteiger partial charge in [-0.3, -0.25) is 15.1 Å². The number of nitro groups is 1. The summed E-state index contributed by atoms with van der Waals surface area (Å²) in [7, 11) is 0. The quantitative estimate of drug-likeness (QED) is 0.161. The molecule has 1 atom stereocenters. The molecule has 1 N–H and O–H groups in total. The van der Waals surface area contributed by atoms with E-state index in [1.807, 2.05) is 80.7 Å². The summed E-state index contributed by atoms with van der Waals surface area (Å²) in [6.45, 7) is 6.40. The maximum absolute atomic E-state index is 12.5. The minimum absolute atomic E-state index is 0. The van der Waals surface area contributed by atoms with Gasteiger partial charge in [-0.25, -0.2) is 4.98 Å². The van der Waals surface area contributed by atoms with Gasteiger partial charge in [0.1, 0.15) is 23.7 Å². The molecule has 1 spiro atoms. The normalized spacial score (nSPS) is 17.5. The molecule has 9 nitrogen and oxygen atoms in total. The lowest BCUT2D eigenvalue weighted by atomic mass is 9.73. The molecule has 0 radical (unpaired) electrons. The van der Waals surface area contributed by atoms with Gasteiger partial charge < -0.3 is 19.7 Å². The van der Waals surface area contributed by atoms with Crippen molar-refractivity contribution in [2.45, 2.75) is 59.7 Å². The Morgan fingerprint density at radius 1 is 0.977 bits per heavy atom. The van der Waals surface area contributed by atoms with Crippen LogP contribution in [-0.4, -0.2) is 34.6 Å². The van der Waals surface area contributed by atoms with Crippen molar-refractivity contribution in [3.05, 3.63) is 112 Å². The lowest BCUT2D eigenvalue weighted by Gasteiger charge is -2.46. The van der Waals surface area contributed by atoms with Gasteiger partial charge in [0.25, 0.3) is 0 Å². The van der Waals surface area contributed by atoms with Crippen molar-refractivity contribution >= 4 is 22.7 Å². The fourth-order valence-electron chi connectivity index (χ4n) is 6.11. The molecule has 0 bridgehead atoms. The Bertz CT molecular complexity index is 1560. The number of nitro benzene ring substituents is 1. The third kappa shape index (κ3) is 6.83. The third-order valence-corrected chi connectivity index (χ3v) is 8.68. The standard InChI is InChI=1S/C34H37N5O4.CH4/c1-24-11-13-27(21-35-24)31-15-16-34(23-43-31)17-19-38(20-18-34)30-10-6-9-28(32(30)39(40)41)37-29-14-12-25(2)36-33(29)42-22-26-7-4-3-5-8-26;/h3-14,21,31,37H,15-20,22-23H2,1-2H3;1H4. The Morgan fingerprint density at radius 2 is 1.75 bits per heavy atom. The molecule has 9 heteroatoms. The van der Waals surface area contributed by atoms with Crippen LogP contribution >= 0.6 is 0 Å². The van der Waals surface area contributed by atoms with Crippen molar-refractivity contribution in [1.29, 1.82) is 0 Å². The molecule has 0 saturated carbocycles. The number of nitrogens with zero attached hydrogens (tertiary/aromatic N) is 4. The van der Waals surface area contributed by atoms with Gasteiger partial charge in [0.05, 0.1) is 17.6 Å². The van der Waals surface area contributed by atoms with Gasteiger partial charge in [0.15, 0.2) is 0 Å². The van der Waals surface area contributed by atoms with E-state index in [9.17, 15) is 10.1 Å². The summed E-state index contributed by atoms with van der Waals surface area (Å²) in [5.41, 5.74) is 5.72. The largest absolute Gasteiger partial charge is 0.471 e. The Kier molecular flexibility index (Phi) is 9.44. The number of aryl methyl sites for hydroxylation is 2. The number of anilines is 3. The number of ether oxygens (including phenoxy) is 2. The van der Waals surface area contributed by atoms with Crippen LogP contribution in [0.3, 0.4) is 0 Å². The average molecular weight is 596 g/mol. The van der Waals surface area contributed by atoms with Crippen LogP contribution in [0.25, 0.3) is 0 Å². The second-order valence-corrected chi connectivity index (χ2v) is 11.7. The highest BCUT2D eigenvalue weighted by atomic mass is 16.6. The zero-order valence-corrected chi connectivity index (χ0v) is 24.7. The van der Waals surface area contributed by atoms with E-state index < -0.39 is 0 Å². The fraction of sp³-hybridized carbons (Fsp3) is 0.371. The highest BCUT2D eigenvalue weighted by Gasteiger charge is 2.40. The molecule has 2 aromatic carbocycles. The van der Waals surface area contributed by atoms with Crippen LogP contribution in [0.4, 0.5) is 22.7 Å². The molecule has 2 aliphatic heterocycles. The summed E-state index contributed by atoms with van der Waals surface area (Å²) in [5.74, 6) is 0.403. The molecule has 0 aliphatic carbocycles. The SMILES string of the molecule is C.Cc1ccc(C2CCC3(CCN(c4cccc(Nc5ccc(C)nc5OCc5ccccc5)c4[N+](=O)[O-])CC3)CO2)cn1. The second-order valence-electron chi connectivity index (χ2n) is 11.7. The predicted octanol–water partition coefficient (Wildman–Crippen LogP) is 8.10. The maximum atomic E-state index is 12.5. The third-order valence-electron chi connectivity index (χ3n) is 8.68. The summed E-state index contributed by atoms with van der Waals surface area (Å²) >= 11 is 0. The average Bonchev–Trinajstić information content (AvgIpc) is 3.03. The first-order valence-electron chi connectivity index (χ1n) is 14.9. The topological polar surface area (TPSA) is 103 Å². The van der Waals surface area contributed by atoms with E-state index >= 15 is 0 Å². The second kappa shape index (κ2) is 13.4. The summed E-state index contributed by atoms with van der Waals surface area (Å²) in [6, 6.07) is 23.2. The first kappa shape index (κ1) is 30.9. The number of benzene rings is 2. The van der Waals surface area contributed by atoms with Gasteiger partial charge in [-0.2, -0.15) is 0 Å². The lowest BCUT2D eigenvalue weighted by molar-refractivity contribution is -0.383. The van der Waals surface area contributed by atoms with Crippen molar-refractivity contribution in [3.8, 4) is 5.88 Å². The van der Waals surface area contributed by atoms with Crippen molar-refractivity contribution < 1.29 is 14.4 Å². The first-order valence-corrected chi connectivity index (χ1v) is 14.9. The summed E-state index contributed by atoms with van der Waals surface area (Å²) in [4.78, 5) is 23.3. The van der Waals surface area contributed by atoms with Crippen molar-refractivity contribution in [1.82, 2.24) is 9.97 Å². The van der Waals surface area contributed by atoms with Crippen LogP contribution in [-0.2, 0) is 11.3 Å². The molecule has 2 fully saturated rings. The van der Waals surface area contributed by atoms with Gasteiger partial charge in [0.2, 0.25) is 5.88 Å². The Morgan fingerprint density at radius 3 is 2.43 bits per heavy atom. The zero-order chi connectivity index (χ0) is 29.8. The fourth-order valence-corrected chi connectivity index (χ4v) is 6.11. The number of aromatic nitrogens is 2. The molecule has 2 aliphatic rings. The number of pyridine rings is 2. The minimum atomic E-state index is -0.294. The van der Waals surface area contributed by atoms with E-state index in [0.29, 0.717) is 36.2 Å². The number of nitrogens with one attached hydrogen (secondary N) is 1. The van der Waals surface area contributed by atoms with Crippen LogP contribution in [0.2, 0.25) is 0 Å². The van der Waals surface area contributed by atoms with E-state index in [2.05, 4.69) is 26.3 Å². The van der Waals surface area contributed by atoms with E-state index in [0.717, 1.165) is 61.3 Å². The molecule has 4 heterocycles. The number of piperidine rings is 1. The first-order chi connectivity index (χ1) is 20.9. The van der Waals surface area contributed by atoms with Crippen LogP contribution in [0.1, 0.15) is 61.7 Å². The highest BCUT2D eigenvalue weighted by molar-refractivity contribution is 5.81. The molecule has 0 amide bonds. The number of hydrogen-bond donors (Lipinski definition) is 1. The summed E-state index contributed by atoms with van der Waals surface area (Å²) in [5, 5.41) is 15.7. The van der Waals surface area contributed by atoms with Crippen LogP contribution in [0.15, 0.2) is 79.0 Å². The number of hydrogen-bond acceptors (Lipinski definition) is 8. The van der Waals surface area contributed by atoms with Crippen molar-refractivity contribution in [3.63, 3.8) is 0 Å². The van der Waals surface area contributed by atoms with Gasteiger partial charge in [0, 0.05) is 30.7 Å². The minimum Gasteiger partial charge on any atom is -0.471 e. The molecule has 2 aromatic heterocycles. The Labute approximate surface area is 259 Å². The maximum Gasteiger partial charge on any atom is 0.315 e. The zero-order valence-electron chi connectivity index (χ0n) is 24.7.